The molecule has 0 bridgehead atoms. The number of carboxylic acid groups (broad SMARTS) is 1. The molecule has 9 nitrogen and oxygen atoms in total. The molecule has 0 spiro atoms. The van der Waals surface area contributed by atoms with Gasteiger partial charge >= 0.3 is 5.97 Å². The number of aliphatic hydroxyl groups excluding tert-OH is 4. The Morgan fingerprint density at radius 1 is 0.909 bits per heavy atom. The second-order valence-corrected chi connectivity index (χ2v) is 10.0. The van der Waals surface area contributed by atoms with Crippen molar-refractivity contribution in [2.75, 3.05) is 6.61 Å². The second-order valence-electron chi connectivity index (χ2n) is 10.0. The molecule has 1 aliphatic heterocycles. The van der Waals surface area contributed by atoms with Crippen molar-refractivity contribution >= 4 is 5.97 Å². The number of carboxylic acids is 1. The summed E-state index contributed by atoms with van der Waals surface area (Å²) in [6.07, 6.45) is 3.04. The van der Waals surface area contributed by atoms with Gasteiger partial charge in [-0.15, -0.1) is 0 Å². The van der Waals surface area contributed by atoms with Gasteiger partial charge in [0, 0.05) is 0 Å². The number of hydrogen-bond donors (Lipinski definition) is 6. The summed E-state index contributed by atoms with van der Waals surface area (Å²) in [7, 11) is 0. The molecule has 0 aliphatic carbocycles. The summed E-state index contributed by atoms with van der Waals surface area (Å²) in [6.45, 7) is 4.63. The first-order chi connectivity index (χ1) is 15.5. The van der Waals surface area contributed by atoms with E-state index in [1.165, 1.54) is 19.8 Å². The molecule has 0 amide bonds. The maximum Gasteiger partial charge on any atom is 0.308 e. The Labute approximate surface area is 197 Å². The number of unbranched alkanes of at least 4 members (excludes halogenated alkanes) is 8. The molecule has 0 unspecified atom stereocenters. The summed E-state index contributed by atoms with van der Waals surface area (Å²) < 4.78 is 11.1. The fourth-order valence-corrected chi connectivity index (χ4v) is 4.09. The number of aliphatic carboxylic acids is 1. The van der Waals surface area contributed by atoms with E-state index in [1.807, 2.05) is 13.8 Å². The Bertz CT molecular complexity index is 535. The van der Waals surface area contributed by atoms with Gasteiger partial charge in [0.2, 0.25) is 0 Å². The Hall–Kier alpha value is -0.810. The predicted molar refractivity (Wildman–Crippen MR) is 123 cm³/mol. The van der Waals surface area contributed by atoms with Crippen LogP contribution in [0, 0.1) is 5.92 Å². The zero-order valence-electron chi connectivity index (χ0n) is 20.4. The van der Waals surface area contributed by atoms with E-state index in [0.29, 0.717) is 6.42 Å². The Kier molecular flexibility index (Phi) is 14.0. The first-order valence-corrected chi connectivity index (χ1v) is 12.4. The molecule has 0 aromatic rings. The van der Waals surface area contributed by atoms with E-state index in [9.17, 15) is 35.4 Å². The molecule has 7 atom stereocenters. The lowest BCUT2D eigenvalue weighted by Crippen LogP contribution is -2.60. The van der Waals surface area contributed by atoms with Crippen LogP contribution in [0.2, 0.25) is 0 Å². The number of ether oxygens (including phenoxy) is 2. The van der Waals surface area contributed by atoms with Gasteiger partial charge in [-0.25, -0.2) is 0 Å². The highest BCUT2D eigenvalue weighted by molar-refractivity contribution is 5.70. The molecule has 1 heterocycles. The molecule has 0 saturated carbocycles. The lowest BCUT2D eigenvalue weighted by Gasteiger charge is -2.41. The average molecular weight is 479 g/mol. The van der Waals surface area contributed by atoms with Crippen molar-refractivity contribution in [3.8, 4) is 0 Å². The third-order valence-corrected chi connectivity index (χ3v) is 6.38. The molecule has 0 aromatic heterocycles. The van der Waals surface area contributed by atoms with Crippen molar-refractivity contribution in [2.45, 2.75) is 134 Å². The summed E-state index contributed by atoms with van der Waals surface area (Å²) in [6, 6.07) is 0. The predicted octanol–water partition coefficient (Wildman–Crippen LogP) is 1.95. The van der Waals surface area contributed by atoms with Crippen LogP contribution in [0.1, 0.15) is 91.4 Å². The van der Waals surface area contributed by atoms with Gasteiger partial charge in [-0.3, -0.25) is 4.79 Å². The summed E-state index contributed by atoms with van der Waals surface area (Å²) in [5.41, 5.74) is -0.581. The first-order valence-electron chi connectivity index (χ1n) is 12.4. The molecule has 196 valence electrons. The summed E-state index contributed by atoms with van der Waals surface area (Å²) >= 11 is 0. The highest BCUT2D eigenvalue weighted by Crippen LogP contribution is 2.26. The largest absolute Gasteiger partial charge is 0.481 e. The van der Waals surface area contributed by atoms with Crippen LogP contribution < -0.4 is 0 Å². The van der Waals surface area contributed by atoms with Crippen LogP contribution in [-0.4, -0.2) is 85.6 Å². The van der Waals surface area contributed by atoms with Crippen molar-refractivity contribution in [1.29, 1.82) is 0 Å². The smallest absolute Gasteiger partial charge is 0.308 e. The molecule has 6 N–H and O–H groups in total. The topological polar surface area (TPSA) is 157 Å². The van der Waals surface area contributed by atoms with Crippen molar-refractivity contribution < 1.29 is 44.9 Å². The van der Waals surface area contributed by atoms with E-state index in [2.05, 4.69) is 0 Å². The maximum absolute atomic E-state index is 11.5. The van der Waals surface area contributed by atoms with Crippen LogP contribution in [0.15, 0.2) is 0 Å². The fraction of sp³-hybridized carbons (Fsp3) is 0.958. The van der Waals surface area contributed by atoms with Gasteiger partial charge in [0.05, 0.1) is 24.2 Å². The molecular weight excluding hydrogens is 432 g/mol. The molecule has 1 aliphatic rings. The van der Waals surface area contributed by atoms with Crippen LogP contribution >= 0.6 is 0 Å². The van der Waals surface area contributed by atoms with Gasteiger partial charge in [0.1, 0.15) is 24.4 Å². The van der Waals surface area contributed by atoms with E-state index >= 15 is 0 Å². The SMILES string of the molecule is C[C@H](C(=O)O)[C@H](CCCCCCCCCCCC(C)(C)O)O[C@@H]1O[C@H](CO)[C@@H](O)[C@H](O)[C@H]1O. The Morgan fingerprint density at radius 3 is 1.91 bits per heavy atom. The lowest BCUT2D eigenvalue weighted by atomic mass is 9.96. The fourth-order valence-electron chi connectivity index (χ4n) is 4.09. The summed E-state index contributed by atoms with van der Waals surface area (Å²) in [5.74, 6) is -1.88. The molecule has 1 rings (SSSR count). The van der Waals surface area contributed by atoms with Crippen molar-refractivity contribution in [1.82, 2.24) is 0 Å². The summed E-state index contributed by atoms with van der Waals surface area (Å²) in [5, 5.41) is 58.4. The molecule has 33 heavy (non-hydrogen) atoms. The van der Waals surface area contributed by atoms with Crippen molar-refractivity contribution in [3.05, 3.63) is 0 Å². The molecule has 0 radical (unpaired) electrons. The van der Waals surface area contributed by atoms with E-state index in [1.54, 1.807) is 0 Å². The van der Waals surface area contributed by atoms with Gasteiger partial charge in [0.25, 0.3) is 0 Å². The van der Waals surface area contributed by atoms with Crippen molar-refractivity contribution in [2.24, 2.45) is 5.92 Å². The minimum absolute atomic E-state index is 0.458. The van der Waals surface area contributed by atoms with Crippen LogP contribution in [-0.2, 0) is 14.3 Å². The number of rotatable bonds is 17. The van der Waals surface area contributed by atoms with Gasteiger partial charge in [-0.2, -0.15) is 0 Å². The highest BCUT2D eigenvalue weighted by Gasteiger charge is 2.45. The molecule has 9 heteroatoms. The number of carbonyl (C=O) groups is 1. The minimum Gasteiger partial charge on any atom is -0.481 e. The van der Waals surface area contributed by atoms with Crippen LogP contribution in [0.3, 0.4) is 0 Å². The zero-order valence-corrected chi connectivity index (χ0v) is 20.4. The lowest BCUT2D eigenvalue weighted by molar-refractivity contribution is -0.314. The molecular formula is C24H46O9. The average Bonchev–Trinajstić information content (AvgIpc) is 2.75. The minimum atomic E-state index is -1.56. The third kappa shape index (κ3) is 11.4. The monoisotopic (exact) mass is 478 g/mol. The van der Waals surface area contributed by atoms with Gasteiger partial charge < -0.3 is 40.1 Å². The maximum atomic E-state index is 11.5. The Balaban J connectivity index is 2.34. The van der Waals surface area contributed by atoms with Crippen molar-refractivity contribution in [3.63, 3.8) is 0 Å². The second kappa shape index (κ2) is 15.2. The highest BCUT2D eigenvalue weighted by atomic mass is 16.7. The van der Waals surface area contributed by atoms with Gasteiger partial charge in [0.15, 0.2) is 6.29 Å². The summed E-state index contributed by atoms with van der Waals surface area (Å²) in [4.78, 5) is 11.5. The van der Waals surface area contributed by atoms with Gasteiger partial charge in [-0.1, -0.05) is 57.8 Å². The van der Waals surface area contributed by atoms with E-state index in [4.69, 9.17) is 9.47 Å². The van der Waals surface area contributed by atoms with Crippen LogP contribution in [0.4, 0.5) is 0 Å². The van der Waals surface area contributed by atoms with E-state index < -0.39 is 60.9 Å². The standard InChI is InChI=1S/C24H46O9/c1-16(22(29)30)17(32-23-21(28)20(27)19(26)18(15-25)33-23)13-11-9-7-5-4-6-8-10-12-14-24(2,3)31/h16-21,23,25-28,31H,4-15H2,1-3H3,(H,29,30)/t16-,17-,18+,19+,20-,21+,23+/m0/s1. The van der Waals surface area contributed by atoms with Crippen LogP contribution in [0.25, 0.3) is 0 Å². The third-order valence-electron chi connectivity index (χ3n) is 6.38. The number of hydrogen-bond acceptors (Lipinski definition) is 8. The van der Waals surface area contributed by atoms with E-state index in [0.717, 1.165) is 51.4 Å². The quantitative estimate of drug-likeness (QED) is 0.172. The molecule has 1 fully saturated rings. The number of aliphatic hydroxyl groups is 5. The van der Waals surface area contributed by atoms with Crippen LogP contribution in [0.5, 0.6) is 0 Å². The first kappa shape index (κ1) is 30.2. The van der Waals surface area contributed by atoms with E-state index in [-0.39, 0.29) is 0 Å². The molecule has 1 saturated heterocycles. The van der Waals surface area contributed by atoms with Gasteiger partial charge in [-0.05, 0) is 33.6 Å². The normalized spacial score (nSPS) is 27.9. The zero-order chi connectivity index (χ0) is 25.0. The Morgan fingerprint density at radius 2 is 1.42 bits per heavy atom. The molecule has 0 aromatic carbocycles.